The van der Waals surface area contributed by atoms with E-state index in [1.54, 1.807) is 6.92 Å². The van der Waals surface area contributed by atoms with Crippen LogP contribution in [0.3, 0.4) is 0 Å². The predicted octanol–water partition coefficient (Wildman–Crippen LogP) is 2.08. The quantitative estimate of drug-likeness (QED) is 0.607. The summed E-state index contributed by atoms with van der Waals surface area (Å²) in [6.07, 6.45) is 0. The summed E-state index contributed by atoms with van der Waals surface area (Å²) in [6.45, 7) is 4.96. The van der Waals surface area contributed by atoms with Crippen LogP contribution in [0, 0.1) is 0 Å². The number of hydrogen-bond donors (Lipinski definition) is 1. The Kier molecular flexibility index (Phi) is 3.23. The first kappa shape index (κ1) is 11.0. The van der Waals surface area contributed by atoms with Crippen LogP contribution in [0.25, 0.3) is 0 Å². The Hall–Kier alpha value is -2.10. The summed E-state index contributed by atoms with van der Waals surface area (Å²) >= 11 is 0. The van der Waals surface area contributed by atoms with Crippen molar-refractivity contribution in [3.8, 4) is 0 Å². The minimum atomic E-state index is -1.08. The van der Waals surface area contributed by atoms with Crippen molar-refractivity contribution in [2.45, 2.75) is 6.92 Å². The average Bonchev–Trinajstić information content (AvgIpc) is 2.17. The summed E-state index contributed by atoms with van der Waals surface area (Å²) in [5.41, 5.74) is 0.240. The van der Waals surface area contributed by atoms with Crippen molar-refractivity contribution in [1.82, 2.24) is 0 Å². The van der Waals surface area contributed by atoms with Crippen LogP contribution >= 0.6 is 0 Å². The van der Waals surface area contributed by atoms with E-state index in [9.17, 15) is 9.59 Å². The molecule has 0 spiro atoms. The van der Waals surface area contributed by atoms with Gasteiger partial charge >= 0.3 is 11.9 Å². The van der Waals surface area contributed by atoms with E-state index in [0.717, 1.165) is 0 Å². The molecule has 0 saturated heterocycles. The molecule has 0 radical (unpaired) electrons. The van der Waals surface area contributed by atoms with Crippen LogP contribution in [-0.4, -0.2) is 17.0 Å². The average molecular weight is 206 g/mol. The summed E-state index contributed by atoms with van der Waals surface area (Å²) in [7, 11) is 0. The zero-order valence-electron chi connectivity index (χ0n) is 8.19. The first-order chi connectivity index (χ1) is 7.00. The fourth-order valence-electron chi connectivity index (χ4n) is 0.996. The number of carboxylic acids is 1. The molecular formula is C11H10O4. The molecule has 78 valence electrons. The van der Waals surface area contributed by atoms with Gasteiger partial charge in [0, 0.05) is 0 Å². The number of carbonyl (C=O) groups is 2. The Balaban J connectivity index is 2.95. The maximum Gasteiger partial charge on any atom is 0.343 e. The predicted molar refractivity (Wildman–Crippen MR) is 53.6 cm³/mol. The van der Waals surface area contributed by atoms with E-state index in [-0.39, 0.29) is 16.9 Å². The standard InChI is InChI=1S/C11H10O4/c1-7(2)15-11(14)9-5-3-4-8(6-9)10(12)13/h3-6H,1H2,2H3,(H,12,13). The zero-order chi connectivity index (χ0) is 11.4. The molecule has 0 atom stereocenters. The molecule has 0 aliphatic heterocycles. The van der Waals surface area contributed by atoms with Crippen LogP contribution in [0.4, 0.5) is 0 Å². The molecule has 0 amide bonds. The lowest BCUT2D eigenvalue weighted by molar-refractivity contribution is 0.0628. The summed E-state index contributed by atoms with van der Waals surface area (Å²) in [5, 5.41) is 8.70. The second-order valence-electron chi connectivity index (χ2n) is 2.98. The lowest BCUT2D eigenvalue weighted by Crippen LogP contribution is -2.05. The monoisotopic (exact) mass is 206 g/mol. The van der Waals surface area contributed by atoms with Crippen LogP contribution in [0.15, 0.2) is 36.6 Å². The van der Waals surface area contributed by atoms with Gasteiger partial charge in [-0.2, -0.15) is 0 Å². The second-order valence-corrected chi connectivity index (χ2v) is 2.98. The van der Waals surface area contributed by atoms with E-state index in [4.69, 9.17) is 9.84 Å². The third-order valence-corrected chi connectivity index (χ3v) is 1.61. The minimum Gasteiger partial charge on any atom is -0.478 e. The summed E-state index contributed by atoms with van der Waals surface area (Å²) < 4.78 is 4.74. The third-order valence-electron chi connectivity index (χ3n) is 1.61. The first-order valence-corrected chi connectivity index (χ1v) is 4.22. The molecule has 0 aliphatic carbocycles. The van der Waals surface area contributed by atoms with Gasteiger partial charge in [-0.25, -0.2) is 9.59 Å². The van der Waals surface area contributed by atoms with Gasteiger partial charge in [0.2, 0.25) is 0 Å². The summed E-state index contributed by atoms with van der Waals surface area (Å²) in [4.78, 5) is 22.0. The van der Waals surface area contributed by atoms with E-state index in [2.05, 4.69) is 6.58 Å². The second kappa shape index (κ2) is 4.41. The Morgan fingerprint density at radius 3 is 2.47 bits per heavy atom. The van der Waals surface area contributed by atoms with Gasteiger partial charge in [-0.05, 0) is 25.1 Å². The first-order valence-electron chi connectivity index (χ1n) is 4.22. The molecule has 0 bridgehead atoms. The highest BCUT2D eigenvalue weighted by Crippen LogP contribution is 2.08. The van der Waals surface area contributed by atoms with Gasteiger partial charge in [0.25, 0.3) is 0 Å². The Morgan fingerprint density at radius 2 is 1.93 bits per heavy atom. The Bertz CT molecular complexity index is 420. The summed E-state index contributed by atoms with van der Waals surface area (Å²) in [6, 6.07) is 5.63. The SMILES string of the molecule is C=C(C)OC(=O)c1cccc(C(=O)O)c1. The number of esters is 1. The molecule has 1 N–H and O–H groups in total. The summed E-state index contributed by atoms with van der Waals surface area (Å²) in [5.74, 6) is -1.42. The molecule has 0 fully saturated rings. The highest BCUT2D eigenvalue weighted by Gasteiger charge is 2.10. The highest BCUT2D eigenvalue weighted by atomic mass is 16.5. The van der Waals surface area contributed by atoms with Gasteiger partial charge in [0.15, 0.2) is 0 Å². The number of carbonyl (C=O) groups excluding carboxylic acids is 1. The lowest BCUT2D eigenvalue weighted by Gasteiger charge is -2.03. The molecule has 0 aliphatic rings. The highest BCUT2D eigenvalue weighted by molar-refractivity contribution is 5.94. The number of carboxylic acid groups (broad SMARTS) is 1. The number of allylic oxidation sites excluding steroid dienone is 1. The molecule has 0 unspecified atom stereocenters. The fourth-order valence-corrected chi connectivity index (χ4v) is 0.996. The number of aromatic carboxylic acids is 1. The van der Waals surface area contributed by atoms with Gasteiger partial charge in [-0.15, -0.1) is 0 Å². The lowest BCUT2D eigenvalue weighted by atomic mass is 10.1. The largest absolute Gasteiger partial charge is 0.478 e. The molecule has 0 heterocycles. The van der Waals surface area contributed by atoms with Crippen LogP contribution < -0.4 is 0 Å². The smallest absolute Gasteiger partial charge is 0.343 e. The third kappa shape index (κ3) is 2.95. The normalized spacial score (nSPS) is 9.40. The number of ether oxygens (including phenoxy) is 1. The van der Waals surface area contributed by atoms with Crippen molar-refractivity contribution < 1.29 is 19.4 Å². The molecule has 0 saturated carbocycles. The van der Waals surface area contributed by atoms with Crippen molar-refractivity contribution in [2.24, 2.45) is 0 Å². The molecule has 0 aromatic heterocycles. The molecule has 4 nitrogen and oxygen atoms in total. The maximum absolute atomic E-state index is 11.4. The molecule has 1 aromatic rings. The van der Waals surface area contributed by atoms with Crippen LogP contribution in [0.2, 0.25) is 0 Å². The van der Waals surface area contributed by atoms with Crippen LogP contribution in [0.5, 0.6) is 0 Å². The Labute approximate surface area is 86.8 Å². The zero-order valence-corrected chi connectivity index (χ0v) is 8.19. The van der Waals surface area contributed by atoms with Gasteiger partial charge in [-0.3, -0.25) is 0 Å². The number of rotatable bonds is 3. The van der Waals surface area contributed by atoms with E-state index >= 15 is 0 Å². The van der Waals surface area contributed by atoms with E-state index in [0.29, 0.717) is 0 Å². The van der Waals surface area contributed by atoms with Crippen LogP contribution in [0.1, 0.15) is 27.6 Å². The van der Waals surface area contributed by atoms with Gasteiger partial charge in [0.05, 0.1) is 16.9 Å². The van der Waals surface area contributed by atoms with Crippen LogP contribution in [-0.2, 0) is 4.74 Å². The van der Waals surface area contributed by atoms with Crippen molar-refractivity contribution in [1.29, 1.82) is 0 Å². The topological polar surface area (TPSA) is 63.6 Å². The molecule has 1 aromatic carbocycles. The van der Waals surface area contributed by atoms with E-state index in [1.807, 2.05) is 0 Å². The molecule has 15 heavy (non-hydrogen) atoms. The van der Waals surface area contributed by atoms with Crippen molar-refractivity contribution in [2.75, 3.05) is 0 Å². The van der Waals surface area contributed by atoms with Crippen molar-refractivity contribution in [3.63, 3.8) is 0 Å². The Morgan fingerprint density at radius 1 is 1.33 bits per heavy atom. The van der Waals surface area contributed by atoms with Crippen molar-refractivity contribution in [3.05, 3.63) is 47.7 Å². The molecule has 4 heteroatoms. The molecular weight excluding hydrogens is 196 g/mol. The van der Waals surface area contributed by atoms with Gasteiger partial charge < -0.3 is 9.84 Å². The van der Waals surface area contributed by atoms with E-state index < -0.39 is 11.9 Å². The number of benzene rings is 1. The van der Waals surface area contributed by atoms with Gasteiger partial charge in [0.1, 0.15) is 0 Å². The fraction of sp³-hybridized carbons (Fsp3) is 0.0909. The molecule has 1 rings (SSSR count). The van der Waals surface area contributed by atoms with Crippen molar-refractivity contribution >= 4 is 11.9 Å². The van der Waals surface area contributed by atoms with Gasteiger partial charge in [-0.1, -0.05) is 12.6 Å². The number of hydrogen-bond acceptors (Lipinski definition) is 3. The minimum absolute atomic E-state index is 0.0474. The van der Waals surface area contributed by atoms with E-state index in [1.165, 1.54) is 24.3 Å². The maximum atomic E-state index is 11.4.